The SMILES string of the molecule is c1ccc2c(c1)C1CC[C@@H]2CN1. The highest BCUT2D eigenvalue weighted by atomic mass is 14.9. The third-order valence-electron chi connectivity index (χ3n) is 3.23. The second-order valence-corrected chi connectivity index (χ2v) is 3.86. The van der Waals surface area contributed by atoms with E-state index in [1.165, 1.54) is 19.4 Å². The molecule has 2 atom stereocenters. The van der Waals surface area contributed by atoms with Gasteiger partial charge in [0.25, 0.3) is 0 Å². The normalized spacial score (nSPS) is 31.7. The number of fused-ring (bicyclic) bond motifs is 2. The number of hydrogen-bond acceptors (Lipinski definition) is 1. The van der Waals surface area contributed by atoms with Crippen LogP contribution in [0.25, 0.3) is 0 Å². The van der Waals surface area contributed by atoms with Crippen molar-refractivity contribution in [3.05, 3.63) is 35.4 Å². The van der Waals surface area contributed by atoms with E-state index in [4.69, 9.17) is 0 Å². The molecular weight excluding hydrogens is 146 g/mol. The molecule has 0 radical (unpaired) electrons. The van der Waals surface area contributed by atoms with E-state index in [9.17, 15) is 0 Å². The molecule has 1 heteroatoms. The predicted molar refractivity (Wildman–Crippen MR) is 49.2 cm³/mol. The lowest BCUT2D eigenvalue weighted by molar-refractivity contribution is 0.338. The summed E-state index contributed by atoms with van der Waals surface area (Å²) in [6, 6.07) is 9.55. The molecular formula is C11H13N. The maximum absolute atomic E-state index is 3.57. The Morgan fingerprint density at radius 2 is 1.92 bits per heavy atom. The van der Waals surface area contributed by atoms with E-state index in [1.54, 1.807) is 11.1 Å². The van der Waals surface area contributed by atoms with Crippen LogP contribution in [0.1, 0.15) is 35.9 Å². The number of nitrogens with one attached hydrogen (secondary N) is 1. The van der Waals surface area contributed by atoms with Crippen LogP contribution < -0.4 is 5.32 Å². The van der Waals surface area contributed by atoms with E-state index < -0.39 is 0 Å². The summed E-state index contributed by atoms with van der Waals surface area (Å²) >= 11 is 0. The van der Waals surface area contributed by atoms with Crippen molar-refractivity contribution in [2.75, 3.05) is 6.54 Å². The van der Waals surface area contributed by atoms with Gasteiger partial charge in [-0.1, -0.05) is 24.3 Å². The van der Waals surface area contributed by atoms with Crippen LogP contribution in [0.4, 0.5) is 0 Å². The molecule has 3 aliphatic rings. The highest BCUT2D eigenvalue weighted by Gasteiger charge is 2.31. The molecule has 1 aliphatic carbocycles. The molecule has 1 fully saturated rings. The summed E-state index contributed by atoms with van der Waals surface area (Å²) < 4.78 is 0. The van der Waals surface area contributed by atoms with Crippen LogP contribution in [0, 0.1) is 0 Å². The lowest BCUT2D eigenvalue weighted by Crippen LogP contribution is -2.38. The van der Waals surface area contributed by atoms with Gasteiger partial charge in [0.2, 0.25) is 0 Å². The summed E-state index contributed by atoms with van der Waals surface area (Å²) in [5.41, 5.74) is 3.16. The van der Waals surface area contributed by atoms with Gasteiger partial charge in [0, 0.05) is 12.6 Å². The fourth-order valence-corrected chi connectivity index (χ4v) is 2.59. The topological polar surface area (TPSA) is 12.0 Å². The molecule has 1 aromatic carbocycles. The minimum Gasteiger partial charge on any atom is -0.309 e. The van der Waals surface area contributed by atoms with E-state index in [0.717, 1.165) is 5.92 Å². The molecule has 1 nitrogen and oxygen atoms in total. The van der Waals surface area contributed by atoms with Gasteiger partial charge in [-0.3, -0.25) is 0 Å². The number of piperidine rings is 1. The zero-order chi connectivity index (χ0) is 7.97. The standard InChI is InChI=1S/C11H13N/c1-2-4-10-9(3-1)8-5-6-11(10)12-7-8/h1-4,8,11-12H,5-7H2/t8-,11?/m1/s1. The monoisotopic (exact) mass is 159 g/mol. The first kappa shape index (κ1) is 6.67. The Hall–Kier alpha value is -0.820. The summed E-state index contributed by atoms with van der Waals surface area (Å²) in [6.45, 7) is 1.20. The Labute approximate surface area is 72.8 Å². The summed E-state index contributed by atoms with van der Waals surface area (Å²) in [5.74, 6) is 0.797. The zero-order valence-electron chi connectivity index (χ0n) is 7.09. The van der Waals surface area contributed by atoms with Crippen LogP contribution >= 0.6 is 0 Å². The Morgan fingerprint density at radius 3 is 2.58 bits per heavy atom. The van der Waals surface area contributed by atoms with E-state index >= 15 is 0 Å². The number of benzene rings is 1. The van der Waals surface area contributed by atoms with Gasteiger partial charge in [-0.25, -0.2) is 0 Å². The summed E-state index contributed by atoms with van der Waals surface area (Å²) in [7, 11) is 0. The van der Waals surface area contributed by atoms with Crippen LogP contribution in [0.3, 0.4) is 0 Å². The molecule has 0 spiro atoms. The molecule has 1 N–H and O–H groups in total. The Balaban J connectivity index is 2.19. The molecule has 0 saturated carbocycles. The van der Waals surface area contributed by atoms with Crippen LogP contribution in [-0.2, 0) is 0 Å². The third kappa shape index (κ3) is 0.774. The van der Waals surface area contributed by atoms with Crippen molar-refractivity contribution in [1.29, 1.82) is 0 Å². The molecule has 2 bridgehead atoms. The fraction of sp³-hybridized carbons (Fsp3) is 0.455. The van der Waals surface area contributed by atoms with Gasteiger partial charge in [-0.2, -0.15) is 0 Å². The minimum absolute atomic E-state index is 0.659. The average molecular weight is 159 g/mol. The fourth-order valence-electron chi connectivity index (χ4n) is 2.59. The highest BCUT2D eigenvalue weighted by molar-refractivity contribution is 5.37. The Bertz CT molecular complexity index is 267. The van der Waals surface area contributed by atoms with Gasteiger partial charge >= 0.3 is 0 Å². The van der Waals surface area contributed by atoms with E-state index in [1.807, 2.05) is 0 Å². The quantitative estimate of drug-likeness (QED) is 0.612. The Morgan fingerprint density at radius 1 is 1.08 bits per heavy atom. The maximum Gasteiger partial charge on any atom is 0.0323 e. The first-order chi connectivity index (χ1) is 5.95. The van der Waals surface area contributed by atoms with E-state index in [-0.39, 0.29) is 0 Å². The first-order valence-electron chi connectivity index (χ1n) is 4.77. The third-order valence-corrected chi connectivity index (χ3v) is 3.23. The van der Waals surface area contributed by atoms with E-state index in [0.29, 0.717) is 6.04 Å². The molecule has 1 saturated heterocycles. The second-order valence-electron chi connectivity index (χ2n) is 3.86. The smallest absolute Gasteiger partial charge is 0.0323 e. The average Bonchev–Trinajstić information content (AvgIpc) is 2.20. The largest absolute Gasteiger partial charge is 0.309 e. The summed E-state index contributed by atoms with van der Waals surface area (Å²) in [5, 5.41) is 3.57. The van der Waals surface area contributed by atoms with Crippen molar-refractivity contribution in [3.63, 3.8) is 0 Å². The molecule has 1 aromatic rings. The van der Waals surface area contributed by atoms with Crippen LogP contribution in [0.5, 0.6) is 0 Å². The summed E-state index contributed by atoms with van der Waals surface area (Å²) in [6.07, 6.45) is 2.72. The Kier molecular flexibility index (Phi) is 1.30. The van der Waals surface area contributed by atoms with Crippen LogP contribution in [-0.4, -0.2) is 6.54 Å². The lowest BCUT2D eigenvalue weighted by atomic mass is 9.76. The van der Waals surface area contributed by atoms with Crippen LogP contribution in [0.15, 0.2) is 24.3 Å². The predicted octanol–water partition coefficient (Wildman–Crippen LogP) is 2.21. The van der Waals surface area contributed by atoms with Gasteiger partial charge in [0.1, 0.15) is 0 Å². The maximum atomic E-state index is 3.57. The molecule has 12 heavy (non-hydrogen) atoms. The van der Waals surface area contributed by atoms with Crippen molar-refractivity contribution < 1.29 is 0 Å². The molecule has 2 heterocycles. The molecule has 0 amide bonds. The molecule has 0 aromatic heterocycles. The van der Waals surface area contributed by atoms with Gasteiger partial charge in [-0.15, -0.1) is 0 Å². The molecule has 62 valence electrons. The van der Waals surface area contributed by atoms with Crippen molar-refractivity contribution in [2.24, 2.45) is 0 Å². The van der Waals surface area contributed by atoms with Crippen molar-refractivity contribution >= 4 is 0 Å². The summed E-state index contributed by atoms with van der Waals surface area (Å²) in [4.78, 5) is 0. The van der Waals surface area contributed by atoms with E-state index in [2.05, 4.69) is 29.6 Å². The van der Waals surface area contributed by atoms with Crippen LogP contribution in [0.2, 0.25) is 0 Å². The van der Waals surface area contributed by atoms with Crippen molar-refractivity contribution in [3.8, 4) is 0 Å². The molecule has 1 unspecified atom stereocenters. The number of rotatable bonds is 0. The number of hydrogen-bond donors (Lipinski definition) is 1. The lowest BCUT2D eigenvalue weighted by Gasteiger charge is -2.39. The molecule has 4 rings (SSSR count). The van der Waals surface area contributed by atoms with Crippen molar-refractivity contribution in [2.45, 2.75) is 24.8 Å². The van der Waals surface area contributed by atoms with Gasteiger partial charge in [-0.05, 0) is 29.9 Å². The molecule has 2 aliphatic heterocycles. The second kappa shape index (κ2) is 2.33. The van der Waals surface area contributed by atoms with Gasteiger partial charge in [0.15, 0.2) is 0 Å². The minimum atomic E-state index is 0.659. The van der Waals surface area contributed by atoms with Crippen molar-refractivity contribution in [1.82, 2.24) is 5.32 Å². The highest BCUT2D eigenvalue weighted by Crippen LogP contribution is 2.40. The zero-order valence-corrected chi connectivity index (χ0v) is 7.09. The first-order valence-corrected chi connectivity index (χ1v) is 4.77. The van der Waals surface area contributed by atoms with Gasteiger partial charge < -0.3 is 5.32 Å². The van der Waals surface area contributed by atoms with Gasteiger partial charge in [0.05, 0.1) is 0 Å².